The van der Waals surface area contributed by atoms with Gasteiger partial charge >= 0.3 is 0 Å². The molecule has 1 saturated heterocycles. The predicted octanol–water partition coefficient (Wildman–Crippen LogP) is 2.61. The van der Waals surface area contributed by atoms with Gasteiger partial charge in [-0.25, -0.2) is 0 Å². The molecule has 1 aliphatic heterocycles. The van der Waals surface area contributed by atoms with Crippen LogP contribution in [0, 0.1) is 0 Å². The van der Waals surface area contributed by atoms with E-state index in [1.165, 1.54) is 5.56 Å². The Labute approximate surface area is 139 Å². The number of carbonyl (C=O) groups excluding carboxylic acids is 1. The molecule has 124 valence electrons. The third-order valence-electron chi connectivity index (χ3n) is 3.90. The van der Waals surface area contributed by atoms with E-state index >= 15 is 0 Å². The highest BCUT2D eigenvalue weighted by atomic mass is 35.5. The number of rotatable bonds is 3. The molecule has 4 nitrogen and oxygen atoms in total. The molecular weight excluding hydrogens is 300 g/mol. The van der Waals surface area contributed by atoms with Gasteiger partial charge in [0.25, 0.3) is 5.91 Å². The van der Waals surface area contributed by atoms with Crippen LogP contribution in [0.15, 0.2) is 24.3 Å². The van der Waals surface area contributed by atoms with Crippen molar-refractivity contribution in [2.45, 2.75) is 39.2 Å². The molecule has 1 aliphatic rings. The Hall–Kier alpha value is -1.26. The molecular formula is C17H27ClN2O2. The van der Waals surface area contributed by atoms with Gasteiger partial charge in [-0.3, -0.25) is 4.79 Å². The Kier molecular flexibility index (Phi) is 6.69. The van der Waals surface area contributed by atoms with Crippen molar-refractivity contribution < 1.29 is 9.53 Å². The van der Waals surface area contributed by atoms with Gasteiger partial charge in [0.2, 0.25) is 0 Å². The Morgan fingerprint density at radius 2 is 1.95 bits per heavy atom. The summed E-state index contributed by atoms with van der Waals surface area (Å²) < 4.78 is 5.63. The van der Waals surface area contributed by atoms with Crippen LogP contribution >= 0.6 is 12.4 Å². The Bertz CT molecular complexity index is 482. The van der Waals surface area contributed by atoms with Gasteiger partial charge in [-0.1, -0.05) is 32.9 Å². The van der Waals surface area contributed by atoms with Gasteiger partial charge in [0.1, 0.15) is 5.75 Å². The molecule has 1 aromatic carbocycles. The molecule has 0 bridgehead atoms. The molecule has 22 heavy (non-hydrogen) atoms. The molecule has 1 aromatic rings. The summed E-state index contributed by atoms with van der Waals surface area (Å²) >= 11 is 0. The molecule has 1 heterocycles. The van der Waals surface area contributed by atoms with Crippen LogP contribution in [0.25, 0.3) is 0 Å². The first-order valence-corrected chi connectivity index (χ1v) is 7.61. The standard InChI is InChI=1S/C17H26N2O2.ClH/c1-13-11-18-9-10-19(13)16(20)12-21-15-7-5-14(6-8-15)17(2,3)4;/h5-8,13,18H,9-12H2,1-4H3;1H/t13-;/m0./s1. The smallest absolute Gasteiger partial charge is 0.260 e. The monoisotopic (exact) mass is 326 g/mol. The second-order valence-corrected chi connectivity index (χ2v) is 6.70. The van der Waals surface area contributed by atoms with Crippen molar-refractivity contribution in [3.05, 3.63) is 29.8 Å². The largest absolute Gasteiger partial charge is 0.484 e. The zero-order valence-electron chi connectivity index (χ0n) is 13.9. The summed E-state index contributed by atoms with van der Waals surface area (Å²) in [5.41, 5.74) is 1.39. The van der Waals surface area contributed by atoms with Crippen molar-refractivity contribution in [1.29, 1.82) is 0 Å². The summed E-state index contributed by atoms with van der Waals surface area (Å²) in [6.45, 7) is 11.2. The van der Waals surface area contributed by atoms with Crippen LogP contribution in [0.1, 0.15) is 33.3 Å². The normalized spacial score (nSPS) is 18.5. The van der Waals surface area contributed by atoms with Crippen molar-refractivity contribution in [1.82, 2.24) is 10.2 Å². The molecule has 0 aliphatic carbocycles. The number of halogens is 1. The fourth-order valence-electron chi connectivity index (χ4n) is 2.49. The number of carbonyl (C=O) groups is 1. The number of piperazine rings is 1. The van der Waals surface area contributed by atoms with Gasteiger partial charge in [-0.15, -0.1) is 12.4 Å². The number of nitrogens with one attached hydrogen (secondary N) is 1. The minimum Gasteiger partial charge on any atom is -0.484 e. The van der Waals surface area contributed by atoms with Gasteiger partial charge in [-0.05, 0) is 30.0 Å². The molecule has 1 N–H and O–H groups in total. The average molecular weight is 327 g/mol. The SMILES string of the molecule is C[C@H]1CNCCN1C(=O)COc1ccc(C(C)(C)C)cc1.Cl. The molecule has 1 amide bonds. The van der Waals surface area contributed by atoms with Gasteiger partial charge in [0.15, 0.2) is 6.61 Å². The van der Waals surface area contributed by atoms with Crippen molar-refractivity contribution in [2.24, 2.45) is 0 Å². The first kappa shape index (κ1) is 18.8. The van der Waals surface area contributed by atoms with E-state index in [0.717, 1.165) is 25.4 Å². The first-order chi connectivity index (χ1) is 9.88. The molecule has 1 atom stereocenters. The number of hydrogen-bond acceptors (Lipinski definition) is 3. The summed E-state index contributed by atoms with van der Waals surface area (Å²) in [6, 6.07) is 8.24. The number of hydrogen-bond donors (Lipinski definition) is 1. The minimum absolute atomic E-state index is 0. The quantitative estimate of drug-likeness (QED) is 0.928. The highest BCUT2D eigenvalue weighted by molar-refractivity contribution is 5.85. The maximum Gasteiger partial charge on any atom is 0.260 e. The Morgan fingerprint density at radius 1 is 1.32 bits per heavy atom. The third-order valence-corrected chi connectivity index (χ3v) is 3.90. The molecule has 0 unspecified atom stereocenters. The summed E-state index contributed by atoms with van der Waals surface area (Å²) in [4.78, 5) is 14.1. The molecule has 2 rings (SSSR count). The van der Waals surface area contributed by atoms with Crippen LogP contribution in [0.3, 0.4) is 0 Å². The molecule has 0 spiro atoms. The molecule has 0 saturated carbocycles. The lowest BCUT2D eigenvalue weighted by Crippen LogP contribution is -2.53. The highest BCUT2D eigenvalue weighted by Crippen LogP contribution is 2.24. The minimum atomic E-state index is 0. The van der Waals surface area contributed by atoms with Crippen molar-refractivity contribution in [2.75, 3.05) is 26.2 Å². The summed E-state index contributed by atoms with van der Waals surface area (Å²) in [5, 5.41) is 3.28. The maximum atomic E-state index is 12.2. The Morgan fingerprint density at radius 3 is 2.50 bits per heavy atom. The lowest BCUT2D eigenvalue weighted by Gasteiger charge is -2.33. The fraction of sp³-hybridized carbons (Fsp3) is 0.588. The van der Waals surface area contributed by atoms with Crippen LogP contribution in [-0.2, 0) is 10.2 Å². The van der Waals surface area contributed by atoms with E-state index in [2.05, 4.69) is 45.1 Å². The zero-order valence-corrected chi connectivity index (χ0v) is 14.7. The van der Waals surface area contributed by atoms with E-state index in [0.29, 0.717) is 0 Å². The number of ether oxygens (including phenoxy) is 1. The third kappa shape index (κ3) is 4.89. The van der Waals surface area contributed by atoms with Crippen LogP contribution < -0.4 is 10.1 Å². The zero-order chi connectivity index (χ0) is 15.5. The van der Waals surface area contributed by atoms with Crippen LogP contribution in [0.4, 0.5) is 0 Å². The maximum absolute atomic E-state index is 12.2. The molecule has 5 heteroatoms. The second kappa shape index (κ2) is 7.84. The van der Waals surface area contributed by atoms with Gasteiger partial charge in [-0.2, -0.15) is 0 Å². The van der Waals surface area contributed by atoms with E-state index in [1.54, 1.807) is 0 Å². The van der Waals surface area contributed by atoms with E-state index in [4.69, 9.17) is 4.74 Å². The average Bonchev–Trinajstić information content (AvgIpc) is 2.45. The lowest BCUT2D eigenvalue weighted by molar-refractivity contribution is -0.136. The molecule has 0 aromatic heterocycles. The molecule has 1 fully saturated rings. The van der Waals surface area contributed by atoms with E-state index in [1.807, 2.05) is 17.0 Å². The second-order valence-electron chi connectivity index (χ2n) is 6.70. The number of benzene rings is 1. The van der Waals surface area contributed by atoms with Crippen molar-refractivity contribution in [3.63, 3.8) is 0 Å². The van der Waals surface area contributed by atoms with E-state index in [9.17, 15) is 4.79 Å². The van der Waals surface area contributed by atoms with Crippen molar-refractivity contribution in [3.8, 4) is 5.75 Å². The number of amides is 1. The van der Waals surface area contributed by atoms with Crippen molar-refractivity contribution >= 4 is 18.3 Å². The van der Waals surface area contributed by atoms with Crippen LogP contribution in [0.2, 0.25) is 0 Å². The van der Waals surface area contributed by atoms with Crippen LogP contribution in [0.5, 0.6) is 5.75 Å². The lowest BCUT2D eigenvalue weighted by atomic mass is 9.87. The van der Waals surface area contributed by atoms with Gasteiger partial charge < -0.3 is 15.0 Å². The first-order valence-electron chi connectivity index (χ1n) is 7.61. The van der Waals surface area contributed by atoms with Gasteiger partial charge in [0, 0.05) is 25.7 Å². The van der Waals surface area contributed by atoms with Gasteiger partial charge in [0.05, 0.1) is 0 Å². The fourth-order valence-corrected chi connectivity index (χ4v) is 2.49. The summed E-state index contributed by atoms with van der Waals surface area (Å²) in [5.74, 6) is 0.808. The highest BCUT2D eigenvalue weighted by Gasteiger charge is 2.23. The van der Waals surface area contributed by atoms with E-state index in [-0.39, 0.29) is 36.4 Å². The number of nitrogens with zero attached hydrogens (tertiary/aromatic N) is 1. The molecule has 0 radical (unpaired) electrons. The topological polar surface area (TPSA) is 41.6 Å². The summed E-state index contributed by atoms with van der Waals surface area (Å²) in [7, 11) is 0. The summed E-state index contributed by atoms with van der Waals surface area (Å²) in [6.07, 6.45) is 0. The van der Waals surface area contributed by atoms with E-state index < -0.39 is 0 Å². The predicted molar refractivity (Wildman–Crippen MR) is 91.9 cm³/mol. The van der Waals surface area contributed by atoms with Crippen LogP contribution in [-0.4, -0.2) is 43.1 Å². The Balaban J connectivity index is 0.00000242.